The number of hydrogen-bond acceptors (Lipinski definition) is 3. The van der Waals surface area contributed by atoms with Gasteiger partial charge in [-0.25, -0.2) is 0 Å². The second-order valence-electron chi connectivity index (χ2n) is 7.34. The van der Waals surface area contributed by atoms with E-state index in [0.717, 1.165) is 0 Å². The molecule has 2 rings (SSSR count). The Labute approximate surface area is 166 Å². The molecule has 2 aromatic carbocycles. The van der Waals surface area contributed by atoms with Gasteiger partial charge in [0.05, 0.1) is 19.6 Å². The normalized spacial score (nSPS) is 13.3. The summed E-state index contributed by atoms with van der Waals surface area (Å²) in [5.41, 5.74) is 0. The van der Waals surface area contributed by atoms with Gasteiger partial charge in [-0.1, -0.05) is 97.4 Å². The van der Waals surface area contributed by atoms with Gasteiger partial charge in [-0.2, -0.15) is 0 Å². The van der Waals surface area contributed by atoms with Crippen LogP contribution >= 0.6 is 15.9 Å². The third-order valence-electron chi connectivity index (χ3n) is 4.55. The SMILES string of the molecule is COC(=O)C[C@@H](CBr)O[Si](c1ccccc1)(c1ccccc1)C(C)(C)C. The molecule has 0 aliphatic rings. The Morgan fingerprint density at radius 2 is 1.46 bits per heavy atom. The van der Waals surface area contributed by atoms with E-state index in [0.29, 0.717) is 5.33 Å². The fourth-order valence-corrected chi connectivity index (χ4v) is 8.62. The van der Waals surface area contributed by atoms with Crippen molar-refractivity contribution in [2.45, 2.75) is 38.3 Å². The fourth-order valence-electron chi connectivity index (χ4n) is 3.34. The average molecular weight is 435 g/mol. The van der Waals surface area contributed by atoms with Crippen molar-refractivity contribution < 1.29 is 14.0 Å². The Bertz CT molecular complexity index is 659. The van der Waals surface area contributed by atoms with Crippen molar-refractivity contribution in [1.82, 2.24) is 0 Å². The number of carbonyl (C=O) groups excluding carboxylic acids is 1. The molecule has 0 bridgehead atoms. The maximum absolute atomic E-state index is 11.9. The molecule has 0 aliphatic carbocycles. The average Bonchev–Trinajstić information content (AvgIpc) is 2.65. The molecule has 0 saturated carbocycles. The van der Waals surface area contributed by atoms with Crippen molar-refractivity contribution >= 4 is 40.6 Å². The topological polar surface area (TPSA) is 35.5 Å². The zero-order valence-electron chi connectivity index (χ0n) is 15.9. The van der Waals surface area contributed by atoms with Crippen LogP contribution in [0.15, 0.2) is 60.7 Å². The molecule has 0 fully saturated rings. The van der Waals surface area contributed by atoms with Crippen LogP contribution in [0.1, 0.15) is 27.2 Å². The van der Waals surface area contributed by atoms with Gasteiger partial charge in [-0.15, -0.1) is 0 Å². The summed E-state index contributed by atoms with van der Waals surface area (Å²) in [6.07, 6.45) is -0.0274. The highest BCUT2D eigenvalue weighted by molar-refractivity contribution is 9.09. The largest absolute Gasteiger partial charge is 0.469 e. The van der Waals surface area contributed by atoms with Gasteiger partial charge in [0.15, 0.2) is 0 Å². The van der Waals surface area contributed by atoms with E-state index in [4.69, 9.17) is 9.16 Å². The fraction of sp³-hybridized carbons (Fsp3) is 0.381. The first-order valence-corrected chi connectivity index (χ1v) is 11.8. The van der Waals surface area contributed by atoms with Gasteiger partial charge in [-0.05, 0) is 15.4 Å². The molecule has 0 radical (unpaired) electrons. The molecule has 1 atom stereocenters. The van der Waals surface area contributed by atoms with E-state index >= 15 is 0 Å². The minimum Gasteiger partial charge on any atom is -0.469 e. The van der Waals surface area contributed by atoms with Crippen LogP contribution in [0.4, 0.5) is 0 Å². The lowest BCUT2D eigenvalue weighted by Gasteiger charge is -2.44. The van der Waals surface area contributed by atoms with Crippen molar-refractivity contribution in [1.29, 1.82) is 0 Å². The third-order valence-corrected chi connectivity index (χ3v) is 10.4. The third kappa shape index (κ3) is 4.45. The van der Waals surface area contributed by atoms with Crippen molar-refractivity contribution in [3.05, 3.63) is 60.7 Å². The summed E-state index contributed by atoms with van der Waals surface area (Å²) in [4.78, 5) is 11.9. The summed E-state index contributed by atoms with van der Waals surface area (Å²) in [5, 5.41) is 2.86. The lowest BCUT2D eigenvalue weighted by Crippen LogP contribution is -2.68. The number of halogens is 1. The van der Waals surface area contributed by atoms with Crippen LogP contribution in [-0.4, -0.2) is 32.8 Å². The van der Waals surface area contributed by atoms with E-state index < -0.39 is 8.32 Å². The standard InChI is InChI=1S/C21H27BrO3Si/c1-21(2,3)26(18-11-7-5-8-12-18,19-13-9-6-10-14-19)25-17(16-22)15-20(23)24-4/h5-14,17H,15-16H2,1-4H3/t17-/m0/s1. The van der Waals surface area contributed by atoms with Gasteiger partial charge in [0.25, 0.3) is 8.32 Å². The quantitative estimate of drug-likeness (QED) is 0.376. The molecule has 0 unspecified atom stereocenters. The summed E-state index contributed by atoms with van der Waals surface area (Å²) in [6, 6.07) is 20.8. The summed E-state index contributed by atoms with van der Waals surface area (Å²) >= 11 is 3.53. The van der Waals surface area contributed by atoms with Crippen LogP contribution in [-0.2, 0) is 14.0 Å². The predicted octanol–water partition coefficient (Wildman–Crippen LogP) is 3.89. The Hall–Kier alpha value is -1.43. The number of carbonyl (C=O) groups is 1. The lowest BCUT2D eigenvalue weighted by molar-refractivity contribution is -0.142. The van der Waals surface area contributed by atoms with Crippen LogP contribution in [0.5, 0.6) is 0 Å². The number of alkyl halides is 1. The molecule has 0 aliphatic heterocycles. The number of ether oxygens (including phenoxy) is 1. The number of rotatable bonds is 7. The number of esters is 1. The lowest BCUT2D eigenvalue weighted by atomic mass is 10.2. The first kappa shape index (κ1) is 20.9. The molecule has 140 valence electrons. The van der Waals surface area contributed by atoms with Gasteiger partial charge in [-0.3, -0.25) is 4.79 Å². The van der Waals surface area contributed by atoms with Gasteiger partial charge in [0.2, 0.25) is 0 Å². The van der Waals surface area contributed by atoms with Crippen molar-refractivity contribution in [2.75, 3.05) is 12.4 Å². The van der Waals surface area contributed by atoms with Crippen molar-refractivity contribution in [3.8, 4) is 0 Å². The number of methoxy groups -OCH3 is 1. The molecule has 0 N–H and O–H groups in total. The van der Waals surface area contributed by atoms with Crippen LogP contribution in [0.25, 0.3) is 0 Å². The highest BCUT2D eigenvalue weighted by Gasteiger charge is 2.51. The zero-order valence-corrected chi connectivity index (χ0v) is 18.5. The molecule has 0 heterocycles. The summed E-state index contributed by atoms with van der Waals surface area (Å²) < 4.78 is 11.8. The number of benzene rings is 2. The van der Waals surface area contributed by atoms with Crippen molar-refractivity contribution in [3.63, 3.8) is 0 Å². The first-order valence-electron chi connectivity index (χ1n) is 8.77. The van der Waals surface area contributed by atoms with E-state index in [2.05, 4.69) is 85.2 Å². The maximum Gasteiger partial charge on any atom is 0.308 e. The molecule has 0 spiro atoms. The van der Waals surface area contributed by atoms with Crippen LogP contribution < -0.4 is 10.4 Å². The maximum atomic E-state index is 11.9. The molecule has 0 amide bonds. The highest BCUT2D eigenvalue weighted by atomic mass is 79.9. The summed E-state index contributed by atoms with van der Waals surface area (Å²) in [6.45, 7) is 6.67. The number of hydrogen-bond donors (Lipinski definition) is 0. The molecule has 2 aromatic rings. The van der Waals surface area contributed by atoms with Gasteiger partial charge >= 0.3 is 5.97 Å². The van der Waals surface area contributed by atoms with Crippen molar-refractivity contribution in [2.24, 2.45) is 0 Å². The molecule has 0 aromatic heterocycles. The molecule has 0 saturated heterocycles. The monoisotopic (exact) mass is 434 g/mol. The molecule has 5 heteroatoms. The van der Waals surface area contributed by atoms with Crippen LogP contribution in [0, 0.1) is 0 Å². The Morgan fingerprint density at radius 3 is 1.81 bits per heavy atom. The highest BCUT2D eigenvalue weighted by Crippen LogP contribution is 2.38. The van der Waals surface area contributed by atoms with Crippen LogP contribution in [0.2, 0.25) is 5.04 Å². The Balaban J connectivity index is 2.62. The predicted molar refractivity (Wildman–Crippen MR) is 113 cm³/mol. The minimum atomic E-state index is -2.65. The van der Waals surface area contributed by atoms with Crippen LogP contribution in [0.3, 0.4) is 0 Å². The summed E-state index contributed by atoms with van der Waals surface area (Å²) in [5.74, 6) is -0.257. The molecular weight excluding hydrogens is 408 g/mol. The molecule has 3 nitrogen and oxygen atoms in total. The second-order valence-corrected chi connectivity index (χ2v) is 12.2. The van der Waals surface area contributed by atoms with E-state index in [1.54, 1.807) is 0 Å². The Morgan fingerprint density at radius 1 is 1.00 bits per heavy atom. The smallest absolute Gasteiger partial charge is 0.308 e. The zero-order chi connectivity index (χ0) is 19.2. The van der Waals surface area contributed by atoms with E-state index in [9.17, 15) is 4.79 Å². The first-order chi connectivity index (χ1) is 12.3. The van der Waals surface area contributed by atoms with E-state index in [1.165, 1.54) is 17.5 Å². The van der Waals surface area contributed by atoms with Gasteiger partial charge in [0, 0.05) is 5.33 Å². The molecular formula is C21H27BrO3Si. The van der Waals surface area contributed by atoms with Gasteiger partial charge < -0.3 is 9.16 Å². The second kappa shape index (κ2) is 8.98. The summed E-state index contributed by atoms with van der Waals surface area (Å²) in [7, 11) is -1.24. The Kier molecular flexibility index (Phi) is 7.21. The van der Waals surface area contributed by atoms with E-state index in [1.807, 2.05) is 12.1 Å². The minimum absolute atomic E-state index is 0.119. The molecule has 26 heavy (non-hydrogen) atoms. The van der Waals surface area contributed by atoms with E-state index in [-0.39, 0.29) is 23.5 Å². The van der Waals surface area contributed by atoms with Gasteiger partial charge in [0.1, 0.15) is 0 Å².